The van der Waals surface area contributed by atoms with Crippen molar-refractivity contribution in [1.82, 2.24) is 10.6 Å². The van der Waals surface area contributed by atoms with Gasteiger partial charge in [-0.15, -0.1) is 11.3 Å². The van der Waals surface area contributed by atoms with E-state index in [9.17, 15) is 19.2 Å². The number of carbonyl (C=O) groups is 4. The molecule has 1 aromatic carbocycles. The van der Waals surface area contributed by atoms with Crippen LogP contribution in [0.1, 0.15) is 20.1 Å². The average Bonchev–Trinajstić information content (AvgIpc) is 3.23. The Morgan fingerprint density at radius 1 is 1.22 bits per heavy atom. The maximum absolute atomic E-state index is 12.6. The van der Waals surface area contributed by atoms with Crippen LogP contribution in [0.5, 0.6) is 11.5 Å². The number of hydrogen-bond donors (Lipinski definition) is 3. The fourth-order valence-corrected chi connectivity index (χ4v) is 4.08. The summed E-state index contributed by atoms with van der Waals surface area (Å²) >= 11 is 1.38. The van der Waals surface area contributed by atoms with E-state index in [0.717, 1.165) is 30.5 Å². The number of esters is 1. The van der Waals surface area contributed by atoms with Gasteiger partial charge in [0.15, 0.2) is 6.61 Å². The number of methoxy groups -OCH3 is 1. The summed E-state index contributed by atoms with van der Waals surface area (Å²) in [6.45, 7) is 0.560. The lowest BCUT2D eigenvalue weighted by Gasteiger charge is -2.16. The first-order valence-corrected chi connectivity index (χ1v) is 10.5. The molecule has 0 saturated carbocycles. The third-order valence-electron chi connectivity index (χ3n) is 4.52. The highest BCUT2D eigenvalue weighted by molar-refractivity contribution is 7.14. The summed E-state index contributed by atoms with van der Waals surface area (Å²) in [6.07, 6.45) is -0.768. The van der Waals surface area contributed by atoms with Gasteiger partial charge in [0.05, 0.1) is 18.5 Å². The molecule has 0 bridgehead atoms. The van der Waals surface area contributed by atoms with Gasteiger partial charge in [0.2, 0.25) is 5.78 Å². The number of hydrogen-bond acceptors (Lipinski definition) is 9. The molecule has 1 aliphatic rings. The third kappa shape index (κ3) is 6.05. The Balaban J connectivity index is 1.63. The van der Waals surface area contributed by atoms with E-state index in [2.05, 4.69) is 15.4 Å². The number of Topliss-reactive ketones (excluding diaryl/α,β-unsaturated/α-hetero) is 1. The SMILES string of the molecule is COC(=O)C(Oc1cccc(OCC(=O)O)c1)C(=O)CNC(=O)c1cc2c(s1)CCNC2. The summed E-state index contributed by atoms with van der Waals surface area (Å²) in [5.41, 5.74) is 1.07. The highest BCUT2D eigenvalue weighted by Gasteiger charge is 2.30. The topological polar surface area (TPSA) is 140 Å². The molecule has 1 atom stereocenters. The van der Waals surface area contributed by atoms with Gasteiger partial charge in [0, 0.05) is 24.0 Å². The van der Waals surface area contributed by atoms with Gasteiger partial charge in [0.25, 0.3) is 12.0 Å². The highest BCUT2D eigenvalue weighted by Crippen LogP contribution is 2.25. The minimum absolute atomic E-state index is 0.0985. The second-order valence-corrected chi connectivity index (χ2v) is 7.95. The van der Waals surface area contributed by atoms with Crippen molar-refractivity contribution in [2.75, 3.05) is 26.8 Å². The quantitative estimate of drug-likeness (QED) is 0.345. The second kappa shape index (κ2) is 10.7. The van der Waals surface area contributed by atoms with Gasteiger partial charge in [-0.1, -0.05) is 6.07 Å². The number of fused-ring (bicyclic) bond motifs is 1. The van der Waals surface area contributed by atoms with Crippen molar-refractivity contribution in [1.29, 1.82) is 0 Å². The maximum Gasteiger partial charge on any atom is 0.355 e. The predicted octanol–water partition coefficient (Wildman–Crippen LogP) is 0.777. The van der Waals surface area contributed by atoms with E-state index in [1.54, 1.807) is 6.07 Å². The Morgan fingerprint density at radius 2 is 2.00 bits per heavy atom. The first-order chi connectivity index (χ1) is 15.4. The van der Waals surface area contributed by atoms with Crippen molar-refractivity contribution in [2.24, 2.45) is 0 Å². The van der Waals surface area contributed by atoms with Crippen LogP contribution in [0.25, 0.3) is 0 Å². The highest BCUT2D eigenvalue weighted by atomic mass is 32.1. The van der Waals surface area contributed by atoms with Gasteiger partial charge in [-0.2, -0.15) is 0 Å². The van der Waals surface area contributed by atoms with Gasteiger partial charge in [-0.25, -0.2) is 9.59 Å². The van der Waals surface area contributed by atoms with Crippen LogP contribution in [-0.2, 0) is 32.1 Å². The van der Waals surface area contributed by atoms with Crippen LogP contribution < -0.4 is 20.1 Å². The first kappa shape index (κ1) is 23.2. The monoisotopic (exact) mass is 462 g/mol. The Kier molecular flexibility index (Phi) is 7.79. The van der Waals surface area contributed by atoms with E-state index >= 15 is 0 Å². The zero-order chi connectivity index (χ0) is 23.1. The lowest BCUT2D eigenvalue weighted by atomic mass is 10.1. The normalized spacial score (nSPS) is 13.4. The molecule has 2 heterocycles. The molecule has 0 aliphatic carbocycles. The lowest BCUT2D eigenvalue weighted by molar-refractivity contribution is -0.153. The number of rotatable bonds is 10. The molecule has 1 unspecified atom stereocenters. The van der Waals surface area contributed by atoms with Gasteiger partial charge < -0.3 is 30.0 Å². The molecule has 0 fully saturated rings. The molecule has 3 rings (SSSR count). The van der Waals surface area contributed by atoms with Crippen LogP contribution in [-0.4, -0.2) is 61.6 Å². The molecule has 11 heteroatoms. The van der Waals surface area contributed by atoms with Gasteiger partial charge in [0.1, 0.15) is 11.5 Å². The Labute approximate surface area is 187 Å². The van der Waals surface area contributed by atoms with Crippen LogP contribution in [0.3, 0.4) is 0 Å². The zero-order valence-electron chi connectivity index (χ0n) is 17.2. The van der Waals surface area contributed by atoms with E-state index in [4.69, 9.17) is 14.6 Å². The molecule has 1 aromatic heterocycles. The van der Waals surface area contributed by atoms with E-state index in [0.29, 0.717) is 11.4 Å². The molecular weight excluding hydrogens is 440 g/mol. The van der Waals surface area contributed by atoms with E-state index in [-0.39, 0.29) is 11.5 Å². The molecule has 10 nitrogen and oxygen atoms in total. The van der Waals surface area contributed by atoms with Crippen molar-refractivity contribution >= 4 is 35.0 Å². The molecule has 32 heavy (non-hydrogen) atoms. The summed E-state index contributed by atoms with van der Waals surface area (Å²) in [5.74, 6) is -2.92. The summed E-state index contributed by atoms with van der Waals surface area (Å²) in [6, 6.07) is 7.62. The smallest absolute Gasteiger partial charge is 0.355 e. The summed E-state index contributed by atoms with van der Waals surface area (Å²) in [4.78, 5) is 49.5. The molecule has 170 valence electrons. The average molecular weight is 462 g/mol. The van der Waals surface area contributed by atoms with Crippen LogP contribution >= 0.6 is 11.3 Å². The van der Waals surface area contributed by atoms with Crippen molar-refractivity contribution in [3.05, 3.63) is 45.6 Å². The molecule has 2 aromatic rings. The zero-order valence-corrected chi connectivity index (χ0v) is 18.0. The summed E-state index contributed by atoms with van der Waals surface area (Å²) in [7, 11) is 1.11. The molecule has 3 N–H and O–H groups in total. The van der Waals surface area contributed by atoms with Crippen LogP contribution in [0.2, 0.25) is 0 Å². The lowest BCUT2D eigenvalue weighted by Crippen LogP contribution is -2.43. The number of carbonyl (C=O) groups excluding carboxylic acids is 3. The standard InChI is InChI=1S/C21H22N2O8S/c1-29-21(28)19(31-14-4-2-3-13(8-14)30-11-18(25)26)15(24)10-23-20(27)17-7-12-9-22-6-5-16(12)32-17/h2-4,7-8,19,22H,5-6,9-11H2,1H3,(H,23,27)(H,25,26). The first-order valence-electron chi connectivity index (χ1n) is 9.69. The number of aliphatic carboxylic acids is 1. The molecule has 0 saturated heterocycles. The number of benzene rings is 1. The fourth-order valence-electron chi connectivity index (χ4n) is 2.98. The minimum atomic E-state index is -1.62. The van der Waals surface area contributed by atoms with Crippen molar-refractivity contribution in [2.45, 2.75) is 19.1 Å². The van der Waals surface area contributed by atoms with E-state index in [1.165, 1.54) is 35.6 Å². The van der Waals surface area contributed by atoms with E-state index in [1.807, 2.05) is 0 Å². The number of carboxylic acid groups (broad SMARTS) is 1. The Bertz CT molecular complexity index is 995. The maximum atomic E-state index is 12.6. The van der Waals surface area contributed by atoms with Crippen molar-refractivity contribution in [3.8, 4) is 11.5 Å². The van der Waals surface area contributed by atoms with Gasteiger partial charge in [-0.3, -0.25) is 9.59 Å². The molecule has 0 spiro atoms. The van der Waals surface area contributed by atoms with E-state index < -0.39 is 42.9 Å². The third-order valence-corrected chi connectivity index (χ3v) is 5.75. The summed E-state index contributed by atoms with van der Waals surface area (Å²) < 4.78 is 15.2. The van der Waals surface area contributed by atoms with Gasteiger partial charge in [-0.05, 0) is 30.2 Å². The van der Waals surface area contributed by atoms with Crippen molar-refractivity contribution < 1.29 is 38.5 Å². The predicted molar refractivity (Wildman–Crippen MR) is 113 cm³/mol. The minimum Gasteiger partial charge on any atom is -0.482 e. The number of amides is 1. The fraction of sp³-hybridized carbons (Fsp3) is 0.333. The molecule has 0 radical (unpaired) electrons. The molecule has 1 aliphatic heterocycles. The van der Waals surface area contributed by atoms with Gasteiger partial charge >= 0.3 is 11.9 Å². The largest absolute Gasteiger partial charge is 0.482 e. The van der Waals surface area contributed by atoms with Crippen LogP contribution in [0, 0.1) is 0 Å². The Morgan fingerprint density at radius 3 is 2.72 bits per heavy atom. The molecular formula is C21H22N2O8S. The number of nitrogens with one attached hydrogen (secondary N) is 2. The number of ketones is 1. The number of thiophene rings is 1. The Hall–Kier alpha value is -3.44. The molecule has 1 amide bonds. The van der Waals surface area contributed by atoms with Crippen LogP contribution in [0.15, 0.2) is 30.3 Å². The number of ether oxygens (including phenoxy) is 3. The second-order valence-electron chi connectivity index (χ2n) is 6.81. The van der Waals surface area contributed by atoms with Crippen LogP contribution in [0.4, 0.5) is 0 Å². The van der Waals surface area contributed by atoms with Crippen molar-refractivity contribution in [3.63, 3.8) is 0 Å². The number of carboxylic acids is 1. The summed E-state index contributed by atoms with van der Waals surface area (Å²) in [5, 5.41) is 14.5.